The van der Waals surface area contributed by atoms with Crippen molar-refractivity contribution < 1.29 is 9.53 Å². The molecular weight excluding hydrogens is 330 g/mol. The number of pyridine rings is 2. The standard InChI is InChI=1S/C19H23N5O2/c1-5-13(6-2)26-16-10-9-15-17(23-24(4)18(15)21-16)22-19(25)14-8-7-11-20-12(14)3/h7-11,13H,5-6H2,1-4H3,(H,22,23,25). The maximum Gasteiger partial charge on any atom is 0.258 e. The number of nitrogens with one attached hydrogen (secondary N) is 1. The van der Waals surface area contributed by atoms with Crippen LogP contribution >= 0.6 is 0 Å². The lowest BCUT2D eigenvalue weighted by atomic mass is 10.2. The summed E-state index contributed by atoms with van der Waals surface area (Å²) in [5, 5.41) is 8.01. The minimum Gasteiger partial charge on any atom is -0.474 e. The third-order valence-corrected chi connectivity index (χ3v) is 4.34. The van der Waals surface area contributed by atoms with Crippen molar-refractivity contribution in [1.29, 1.82) is 0 Å². The van der Waals surface area contributed by atoms with Crippen LogP contribution in [0.25, 0.3) is 11.0 Å². The van der Waals surface area contributed by atoms with Crippen LogP contribution in [0.3, 0.4) is 0 Å². The van der Waals surface area contributed by atoms with Crippen molar-refractivity contribution in [1.82, 2.24) is 19.7 Å². The fourth-order valence-corrected chi connectivity index (χ4v) is 2.80. The molecule has 0 spiro atoms. The third-order valence-electron chi connectivity index (χ3n) is 4.34. The Bertz CT molecular complexity index is 931. The van der Waals surface area contributed by atoms with E-state index in [1.165, 1.54) is 0 Å². The summed E-state index contributed by atoms with van der Waals surface area (Å²) in [7, 11) is 1.79. The number of fused-ring (bicyclic) bond motifs is 1. The van der Waals surface area contributed by atoms with Crippen molar-refractivity contribution in [3.8, 4) is 5.88 Å². The van der Waals surface area contributed by atoms with Gasteiger partial charge >= 0.3 is 0 Å². The molecule has 0 aliphatic rings. The Balaban J connectivity index is 1.88. The van der Waals surface area contributed by atoms with Crippen molar-refractivity contribution in [3.05, 3.63) is 41.7 Å². The van der Waals surface area contributed by atoms with E-state index in [9.17, 15) is 4.79 Å². The fraction of sp³-hybridized carbons (Fsp3) is 0.368. The molecule has 0 bridgehead atoms. The molecule has 1 amide bonds. The van der Waals surface area contributed by atoms with Crippen LogP contribution in [0.2, 0.25) is 0 Å². The minimum atomic E-state index is -0.243. The summed E-state index contributed by atoms with van der Waals surface area (Å²) in [6.07, 6.45) is 3.65. The molecule has 1 N–H and O–H groups in total. The number of hydrogen-bond acceptors (Lipinski definition) is 5. The average molecular weight is 353 g/mol. The van der Waals surface area contributed by atoms with Crippen LogP contribution in [0.15, 0.2) is 30.5 Å². The van der Waals surface area contributed by atoms with E-state index >= 15 is 0 Å². The van der Waals surface area contributed by atoms with Gasteiger partial charge < -0.3 is 10.1 Å². The van der Waals surface area contributed by atoms with Crippen LogP contribution in [0, 0.1) is 6.92 Å². The second-order valence-corrected chi connectivity index (χ2v) is 6.14. The van der Waals surface area contributed by atoms with E-state index in [1.54, 1.807) is 37.0 Å². The lowest BCUT2D eigenvalue weighted by Crippen LogP contribution is -2.14. The van der Waals surface area contributed by atoms with E-state index in [0.717, 1.165) is 18.2 Å². The highest BCUT2D eigenvalue weighted by Crippen LogP contribution is 2.25. The maximum absolute atomic E-state index is 12.5. The van der Waals surface area contributed by atoms with Gasteiger partial charge in [-0.3, -0.25) is 9.78 Å². The molecule has 0 aromatic carbocycles. The molecule has 0 saturated heterocycles. The van der Waals surface area contributed by atoms with Crippen LogP contribution in [0.4, 0.5) is 5.82 Å². The van der Waals surface area contributed by atoms with Gasteiger partial charge in [0.2, 0.25) is 5.88 Å². The predicted molar refractivity (Wildman–Crippen MR) is 100 cm³/mol. The molecule has 26 heavy (non-hydrogen) atoms. The van der Waals surface area contributed by atoms with E-state index in [4.69, 9.17) is 4.74 Å². The van der Waals surface area contributed by atoms with Gasteiger partial charge in [-0.25, -0.2) is 4.68 Å². The highest BCUT2D eigenvalue weighted by Gasteiger charge is 2.16. The molecule has 0 fully saturated rings. The van der Waals surface area contributed by atoms with Gasteiger partial charge in [0, 0.05) is 25.0 Å². The number of amides is 1. The number of rotatable bonds is 6. The number of aromatic nitrogens is 4. The van der Waals surface area contributed by atoms with Crippen molar-refractivity contribution in [2.24, 2.45) is 7.05 Å². The average Bonchev–Trinajstić information content (AvgIpc) is 2.95. The first kappa shape index (κ1) is 17.8. The molecule has 3 aromatic heterocycles. The molecule has 0 aliphatic heterocycles. The van der Waals surface area contributed by atoms with Gasteiger partial charge in [0.15, 0.2) is 11.5 Å². The normalized spacial score (nSPS) is 11.1. The first-order valence-corrected chi connectivity index (χ1v) is 8.76. The Hall–Kier alpha value is -2.96. The number of ether oxygens (including phenoxy) is 1. The van der Waals surface area contributed by atoms with E-state index < -0.39 is 0 Å². The Morgan fingerprint density at radius 2 is 2.04 bits per heavy atom. The van der Waals surface area contributed by atoms with Gasteiger partial charge in [-0.1, -0.05) is 13.8 Å². The molecule has 0 saturated carbocycles. The van der Waals surface area contributed by atoms with Crippen LogP contribution in [0.5, 0.6) is 5.88 Å². The van der Waals surface area contributed by atoms with Gasteiger partial charge in [0.25, 0.3) is 5.91 Å². The zero-order valence-electron chi connectivity index (χ0n) is 15.5. The van der Waals surface area contributed by atoms with E-state index in [2.05, 4.69) is 34.2 Å². The summed E-state index contributed by atoms with van der Waals surface area (Å²) in [5.74, 6) is 0.792. The zero-order chi connectivity index (χ0) is 18.7. The lowest BCUT2D eigenvalue weighted by molar-refractivity contribution is 0.102. The van der Waals surface area contributed by atoms with Crippen molar-refractivity contribution in [3.63, 3.8) is 0 Å². The van der Waals surface area contributed by atoms with Crippen LogP contribution in [-0.2, 0) is 7.05 Å². The Kier molecular flexibility index (Phi) is 5.16. The SMILES string of the molecule is CCC(CC)Oc1ccc2c(NC(=O)c3cccnc3C)nn(C)c2n1. The Labute approximate surface area is 152 Å². The molecule has 136 valence electrons. The highest BCUT2D eigenvalue weighted by atomic mass is 16.5. The van der Waals surface area contributed by atoms with Crippen molar-refractivity contribution in [2.75, 3.05) is 5.32 Å². The number of hydrogen-bond donors (Lipinski definition) is 1. The number of carbonyl (C=O) groups excluding carboxylic acids is 1. The molecule has 3 heterocycles. The topological polar surface area (TPSA) is 81.9 Å². The van der Waals surface area contributed by atoms with Gasteiger partial charge in [0.05, 0.1) is 17.1 Å². The molecule has 3 rings (SSSR count). The second kappa shape index (κ2) is 7.51. The number of aryl methyl sites for hydroxylation is 2. The fourth-order valence-electron chi connectivity index (χ4n) is 2.80. The second-order valence-electron chi connectivity index (χ2n) is 6.14. The highest BCUT2D eigenvalue weighted by molar-refractivity contribution is 6.08. The van der Waals surface area contributed by atoms with Crippen molar-refractivity contribution in [2.45, 2.75) is 39.7 Å². The first-order chi connectivity index (χ1) is 12.5. The predicted octanol–water partition coefficient (Wildman–Crippen LogP) is 3.49. The number of anilines is 1. The largest absolute Gasteiger partial charge is 0.474 e. The summed E-state index contributed by atoms with van der Waals surface area (Å²) in [6, 6.07) is 7.16. The maximum atomic E-state index is 12.5. The molecule has 0 unspecified atom stereocenters. The minimum absolute atomic E-state index is 0.140. The van der Waals surface area contributed by atoms with Gasteiger partial charge in [-0.2, -0.15) is 10.1 Å². The number of nitrogens with zero attached hydrogens (tertiary/aromatic N) is 4. The molecule has 0 atom stereocenters. The third kappa shape index (κ3) is 3.51. The molecular formula is C19H23N5O2. The van der Waals surface area contributed by atoms with Gasteiger partial charge in [-0.15, -0.1) is 0 Å². The molecule has 0 radical (unpaired) electrons. The van der Waals surface area contributed by atoms with E-state index in [1.807, 2.05) is 12.1 Å². The van der Waals surface area contributed by atoms with Gasteiger partial charge in [0.1, 0.15) is 0 Å². The summed E-state index contributed by atoms with van der Waals surface area (Å²) in [4.78, 5) is 21.2. The Morgan fingerprint density at radius 3 is 2.73 bits per heavy atom. The monoisotopic (exact) mass is 353 g/mol. The first-order valence-electron chi connectivity index (χ1n) is 8.76. The van der Waals surface area contributed by atoms with E-state index in [0.29, 0.717) is 28.6 Å². The summed E-state index contributed by atoms with van der Waals surface area (Å²) in [5.41, 5.74) is 1.85. The molecule has 3 aromatic rings. The summed E-state index contributed by atoms with van der Waals surface area (Å²) in [6.45, 7) is 5.98. The van der Waals surface area contributed by atoms with Gasteiger partial charge in [-0.05, 0) is 38.0 Å². The van der Waals surface area contributed by atoms with Crippen LogP contribution < -0.4 is 10.1 Å². The summed E-state index contributed by atoms with van der Waals surface area (Å²) >= 11 is 0. The lowest BCUT2D eigenvalue weighted by Gasteiger charge is -2.14. The van der Waals surface area contributed by atoms with E-state index in [-0.39, 0.29) is 12.0 Å². The van der Waals surface area contributed by atoms with Crippen molar-refractivity contribution >= 4 is 22.8 Å². The Morgan fingerprint density at radius 1 is 1.27 bits per heavy atom. The molecule has 7 nitrogen and oxygen atoms in total. The van der Waals surface area contributed by atoms with Crippen LogP contribution in [-0.4, -0.2) is 31.8 Å². The quantitative estimate of drug-likeness (QED) is 0.733. The molecule has 7 heteroatoms. The molecule has 0 aliphatic carbocycles. The number of carbonyl (C=O) groups is 1. The van der Waals surface area contributed by atoms with Crippen LogP contribution in [0.1, 0.15) is 42.7 Å². The zero-order valence-corrected chi connectivity index (χ0v) is 15.5. The smallest absolute Gasteiger partial charge is 0.258 e. The summed E-state index contributed by atoms with van der Waals surface area (Å²) < 4.78 is 7.54.